The van der Waals surface area contributed by atoms with Crippen molar-refractivity contribution in [1.29, 1.82) is 0 Å². The maximum absolute atomic E-state index is 11.5. The molecule has 0 unspecified atom stereocenters. The lowest BCUT2D eigenvalue weighted by molar-refractivity contribution is 0.309. The summed E-state index contributed by atoms with van der Waals surface area (Å²) < 4.78 is 27.7. The van der Waals surface area contributed by atoms with Crippen LogP contribution in [0.2, 0.25) is 0 Å². The Morgan fingerprint density at radius 1 is 1.44 bits per heavy atom. The molecule has 0 spiro atoms. The number of hydrogen-bond donors (Lipinski definition) is 0. The van der Waals surface area contributed by atoms with Gasteiger partial charge in [-0.05, 0) is 12.5 Å². The van der Waals surface area contributed by atoms with Gasteiger partial charge in [-0.15, -0.1) is 6.58 Å². The van der Waals surface area contributed by atoms with Crippen molar-refractivity contribution in [3.8, 4) is 0 Å². The standard InChI is InChI=1S/C12H19NO4S/c1-3-5-6-9-17-18(15,16)10-8-12(7-4-2)13-11-14/h4,8H,2-3,5-7,9-10H2,1H3. The predicted molar refractivity (Wildman–Crippen MR) is 70.3 cm³/mol. The van der Waals surface area contributed by atoms with Gasteiger partial charge in [0.1, 0.15) is 0 Å². The van der Waals surface area contributed by atoms with Crippen LogP contribution in [0.4, 0.5) is 0 Å². The zero-order valence-corrected chi connectivity index (χ0v) is 11.4. The molecule has 102 valence electrons. The van der Waals surface area contributed by atoms with Crippen molar-refractivity contribution < 1.29 is 17.4 Å². The van der Waals surface area contributed by atoms with Crippen LogP contribution in [0.15, 0.2) is 29.4 Å². The third kappa shape index (κ3) is 8.87. The van der Waals surface area contributed by atoms with E-state index in [2.05, 4.69) is 11.6 Å². The fourth-order valence-corrected chi connectivity index (χ4v) is 2.03. The van der Waals surface area contributed by atoms with Crippen molar-refractivity contribution in [2.75, 3.05) is 12.4 Å². The van der Waals surface area contributed by atoms with Crippen LogP contribution >= 0.6 is 0 Å². The van der Waals surface area contributed by atoms with E-state index in [1.165, 1.54) is 18.2 Å². The lowest BCUT2D eigenvalue weighted by Gasteiger charge is -2.03. The third-order valence-corrected chi connectivity index (χ3v) is 3.18. The van der Waals surface area contributed by atoms with Gasteiger partial charge in [-0.1, -0.05) is 25.8 Å². The summed E-state index contributed by atoms with van der Waals surface area (Å²) in [4.78, 5) is 13.5. The first-order valence-corrected chi connectivity index (χ1v) is 7.38. The summed E-state index contributed by atoms with van der Waals surface area (Å²) in [5.41, 5.74) is 0.320. The molecule has 6 heteroatoms. The average molecular weight is 273 g/mol. The van der Waals surface area contributed by atoms with Crippen LogP contribution < -0.4 is 0 Å². The Bertz CT molecular complexity index is 419. The molecule has 0 aliphatic heterocycles. The molecule has 0 fully saturated rings. The predicted octanol–water partition coefficient (Wildman–Crippen LogP) is 2.32. The average Bonchev–Trinajstić information content (AvgIpc) is 2.33. The summed E-state index contributed by atoms with van der Waals surface area (Å²) in [5.74, 6) is -0.298. The number of unbranched alkanes of at least 4 members (excludes halogenated alkanes) is 2. The molecule has 0 aromatic heterocycles. The van der Waals surface area contributed by atoms with Crippen molar-refractivity contribution in [2.45, 2.75) is 32.6 Å². The number of aliphatic imine (C=N–C) groups is 1. The van der Waals surface area contributed by atoms with Crippen molar-refractivity contribution in [3.05, 3.63) is 24.4 Å². The lowest BCUT2D eigenvalue weighted by Crippen LogP contribution is -2.10. The zero-order valence-electron chi connectivity index (χ0n) is 10.6. The molecule has 0 aromatic carbocycles. The van der Waals surface area contributed by atoms with Gasteiger partial charge in [-0.2, -0.15) is 13.4 Å². The second kappa shape index (κ2) is 9.76. The molecule has 0 saturated carbocycles. The minimum Gasteiger partial charge on any atom is -0.270 e. The van der Waals surface area contributed by atoms with E-state index in [1.54, 1.807) is 0 Å². The van der Waals surface area contributed by atoms with Gasteiger partial charge in [0.25, 0.3) is 10.1 Å². The third-order valence-electron chi connectivity index (χ3n) is 2.08. The molecule has 5 nitrogen and oxygen atoms in total. The first-order chi connectivity index (χ1) is 8.55. The van der Waals surface area contributed by atoms with Gasteiger partial charge >= 0.3 is 0 Å². The van der Waals surface area contributed by atoms with E-state index in [4.69, 9.17) is 4.18 Å². The van der Waals surface area contributed by atoms with E-state index in [1.807, 2.05) is 6.92 Å². The number of allylic oxidation sites excluding steroid dienone is 1. The molecule has 0 rings (SSSR count). The minimum atomic E-state index is -3.59. The smallest absolute Gasteiger partial charge is 0.270 e. The van der Waals surface area contributed by atoms with Gasteiger partial charge in [0.15, 0.2) is 0 Å². The van der Waals surface area contributed by atoms with Crippen LogP contribution in [0.25, 0.3) is 0 Å². The van der Waals surface area contributed by atoms with Gasteiger partial charge in [-0.3, -0.25) is 4.18 Å². The lowest BCUT2D eigenvalue weighted by atomic mass is 10.3. The van der Waals surface area contributed by atoms with Crippen LogP contribution in [0.3, 0.4) is 0 Å². The molecule has 0 N–H and O–H groups in total. The largest absolute Gasteiger partial charge is 0.271 e. The number of nitrogens with zero attached hydrogens (tertiary/aromatic N) is 1. The zero-order chi connectivity index (χ0) is 13.9. The number of hydrogen-bond acceptors (Lipinski definition) is 5. The molecule has 0 atom stereocenters. The summed E-state index contributed by atoms with van der Waals surface area (Å²) >= 11 is 0. The summed E-state index contributed by atoms with van der Waals surface area (Å²) in [5, 5.41) is 0. The maximum atomic E-state index is 11.5. The van der Waals surface area contributed by atoms with Crippen LogP contribution in [0.1, 0.15) is 32.6 Å². The fourth-order valence-electron chi connectivity index (χ4n) is 1.17. The molecule has 0 heterocycles. The van der Waals surface area contributed by atoms with E-state index in [9.17, 15) is 13.2 Å². The molecular formula is C12H19NO4S. The van der Waals surface area contributed by atoms with Crippen molar-refractivity contribution in [3.63, 3.8) is 0 Å². The van der Waals surface area contributed by atoms with E-state index in [0.717, 1.165) is 12.8 Å². The summed E-state index contributed by atoms with van der Waals surface area (Å²) in [6, 6.07) is 0. The summed E-state index contributed by atoms with van der Waals surface area (Å²) in [7, 11) is -3.59. The SMILES string of the molecule is C=CCC(=CCS(=O)(=O)OCCCCC)N=C=O. The van der Waals surface area contributed by atoms with Gasteiger partial charge in [-0.25, -0.2) is 4.79 Å². The van der Waals surface area contributed by atoms with E-state index < -0.39 is 10.1 Å². The summed E-state index contributed by atoms with van der Waals surface area (Å²) in [6.07, 6.45) is 7.20. The molecule has 0 aliphatic carbocycles. The first kappa shape index (κ1) is 16.8. The Morgan fingerprint density at radius 3 is 2.72 bits per heavy atom. The minimum absolute atomic E-state index is 0.192. The molecule has 0 bridgehead atoms. The topological polar surface area (TPSA) is 72.8 Å². The highest BCUT2D eigenvalue weighted by molar-refractivity contribution is 7.86. The first-order valence-electron chi connectivity index (χ1n) is 5.80. The van der Waals surface area contributed by atoms with Crippen LogP contribution in [0.5, 0.6) is 0 Å². The van der Waals surface area contributed by atoms with Gasteiger partial charge in [0.05, 0.1) is 18.1 Å². The van der Waals surface area contributed by atoms with Crippen molar-refractivity contribution in [2.24, 2.45) is 4.99 Å². The van der Waals surface area contributed by atoms with Crippen LogP contribution in [-0.2, 0) is 19.1 Å². The van der Waals surface area contributed by atoms with Crippen molar-refractivity contribution >= 4 is 16.2 Å². The second-order valence-corrected chi connectivity index (χ2v) is 5.33. The Hall–Kier alpha value is -1.23. The molecule has 18 heavy (non-hydrogen) atoms. The van der Waals surface area contributed by atoms with Gasteiger partial charge in [0, 0.05) is 6.42 Å². The van der Waals surface area contributed by atoms with E-state index in [0.29, 0.717) is 18.5 Å². The highest BCUT2D eigenvalue weighted by Gasteiger charge is 2.09. The molecule has 0 saturated heterocycles. The van der Waals surface area contributed by atoms with E-state index in [-0.39, 0.29) is 12.4 Å². The van der Waals surface area contributed by atoms with Gasteiger partial charge < -0.3 is 0 Å². The van der Waals surface area contributed by atoms with Crippen LogP contribution in [0, 0.1) is 0 Å². The van der Waals surface area contributed by atoms with Crippen LogP contribution in [-0.4, -0.2) is 26.9 Å². The number of carbonyl (C=O) groups excluding carboxylic acids is 1. The monoisotopic (exact) mass is 273 g/mol. The molecule has 0 amide bonds. The van der Waals surface area contributed by atoms with E-state index >= 15 is 0 Å². The molecule has 0 radical (unpaired) electrons. The van der Waals surface area contributed by atoms with Gasteiger partial charge in [0.2, 0.25) is 6.08 Å². The summed E-state index contributed by atoms with van der Waals surface area (Å²) in [6.45, 7) is 5.70. The molecular weight excluding hydrogens is 254 g/mol. The Morgan fingerprint density at radius 2 is 2.17 bits per heavy atom. The number of isocyanates is 1. The number of rotatable bonds is 10. The second-order valence-electron chi connectivity index (χ2n) is 3.64. The molecule has 0 aliphatic rings. The quantitative estimate of drug-likeness (QED) is 0.201. The normalized spacial score (nSPS) is 11.9. The Kier molecular flexibility index (Phi) is 9.10. The maximum Gasteiger partial charge on any atom is 0.271 e. The fraction of sp³-hybridized carbons (Fsp3) is 0.583. The Balaban J connectivity index is 4.33. The van der Waals surface area contributed by atoms with Crippen molar-refractivity contribution in [1.82, 2.24) is 0 Å². The molecule has 0 aromatic rings. The highest BCUT2D eigenvalue weighted by Crippen LogP contribution is 2.06. The highest BCUT2D eigenvalue weighted by atomic mass is 32.2. The Labute approximate surface area is 108 Å².